The van der Waals surface area contributed by atoms with Crippen LogP contribution in [-0.4, -0.2) is 29.1 Å². The van der Waals surface area contributed by atoms with Crippen molar-refractivity contribution in [1.29, 1.82) is 0 Å². The van der Waals surface area contributed by atoms with Gasteiger partial charge in [0.05, 0.1) is 0 Å². The monoisotopic (exact) mass is 247 g/mol. The zero-order chi connectivity index (χ0) is 12.5. The Bertz CT molecular complexity index is 410. The molecule has 1 fully saturated rings. The van der Waals surface area contributed by atoms with E-state index in [4.69, 9.17) is 5.73 Å². The molecule has 18 heavy (non-hydrogen) atoms. The predicted octanol–water partition coefficient (Wildman–Crippen LogP) is 2.48. The fourth-order valence-corrected chi connectivity index (χ4v) is 3.64. The molecule has 0 amide bonds. The van der Waals surface area contributed by atoms with Crippen molar-refractivity contribution >= 4 is 0 Å². The van der Waals surface area contributed by atoms with Gasteiger partial charge in [-0.05, 0) is 56.8 Å². The van der Waals surface area contributed by atoms with Crippen LogP contribution in [0.1, 0.15) is 55.9 Å². The van der Waals surface area contributed by atoms with Gasteiger partial charge < -0.3 is 15.2 Å². The Hall–Kier alpha value is -0.800. The number of fused-ring (bicyclic) bond motifs is 1. The third kappa shape index (κ3) is 2.10. The van der Waals surface area contributed by atoms with E-state index in [0.717, 1.165) is 6.42 Å². The van der Waals surface area contributed by atoms with E-state index in [1.54, 1.807) is 0 Å². The lowest BCUT2D eigenvalue weighted by atomic mass is 9.93. The Morgan fingerprint density at radius 2 is 2.22 bits per heavy atom. The highest BCUT2D eigenvalue weighted by Gasteiger charge is 2.26. The molecule has 2 heterocycles. The highest BCUT2D eigenvalue weighted by atomic mass is 15.2. The Kier molecular flexibility index (Phi) is 3.44. The largest absolute Gasteiger partial charge is 0.347 e. The summed E-state index contributed by atoms with van der Waals surface area (Å²) in [6.45, 7) is 5.94. The zero-order valence-electron chi connectivity index (χ0n) is 11.4. The Labute approximate surface area is 110 Å². The summed E-state index contributed by atoms with van der Waals surface area (Å²) >= 11 is 0. The average Bonchev–Trinajstić information content (AvgIpc) is 2.84. The van der Waals surface area contributed by atoms with E-state index in [9.17, 15) is 0 Å². The summed E-state index contributed by atoms with van der Waals surface area (Å²) in [5, 5.41) is 0. The van der Waals surface area contributed by atoms with E-state index < -0.39 is 0 Å². The van der Waals surface area contributed by atoms with Gasteiger partial charge in [-0.1, -0.05) is 6.92 Å². The van der Waals surface area contributed by atoms with Gasteiger partial charge in [0.15, 0.2) is 0 Å². The fraction of sp³-hybridized carbons (Fsp3) is 0.733. The molecule has 0 aromatic carbocycles. The summed E-state index contributed by atoms with van der Waals surface area (Å²) < 4.78 is 2.54. The molecule has 1 aliphatic heterocycles. The van der Waals surface area contributed by atoms with Crippen LogP contribution in [0.4, 0.5) is 0 Å². The van der Waals surface area contributed by atoms with Gasteiger partial charge in [0.25, 0.3) is 0 Å². The number of aromatic nitrogens is 1. The number of hydrogen-bond donors (Lipinski definition) is 1. The van der Waals surface area contributed by atoms with E-state index in [1.807, 2.05) is 0 Å². The third-order valence-electron chi connectivity index (χ3n) is 4.71. The minimum atomic E-state index is 0.279. The molecular weight excluding hydrogens is 222 g/mol. The maximum atomic E-state index is 6.22. The molecule has 1 aliphatic carbocycles. The Morgan fingerprint density at radius 1 is 1.33 bits per heavy atom. The third-order valence-corrected chi connectivity index (χ3v) is 4.71. The minimum absolute atomic E-state index is 0.279. The second-order valence-electron chi connectivity index (χ2n) is 5.81. The summed E-state index contributed by atoms with van der Waals surface area (Å²) in [7, 11) is 0. The number of likely N-dealkylation sites (N-methyl/N-ethyl adjacent to an activating group) is 1. The van der Waals surface area contributed by atoms with E-state index in [-0.39, 0.29) is 6.04 Å². The summed E-state index contributed by atoms with van der Waals surface area (Å²) in [4.78, 5) is 2.57. The number of rotatable bonds is 2. The van der Waals surface area contributed by atoms with Crippen LogP contribution in [0.3, 0.4) is 0 Å². The SMILES string of the molecule is CCN1CCCC(n2ccc3c2CCCC3N)C1. The van der Waals surface area contributed by atoms with Crippen LogP contribution in [0.5, 0.6) is 0 Å². The summed E-state index contributed by atoms with van der Waals surface area (Å²) in [5.41, 5.74) is 9.16. The molecule has 3 nitrogen and oxygen atoms in total. The maximum absolute atomic E-state index is 6.22. The summed E-state index contributed by atoms with van der Waals surface area (Å²) in [5.74, 6) is 0. The highest BCUT2D eigenvalue weighted by molar-refractivity contribution is 5.29. The Balaban J connectivity index is 1.84. The first-order valence-corrected chi connectivity index (χ1v) is 7.47. The first-order valence-electron chi connectivity index (χ1n) is 7.47. The summed E-state index contributed by atoms with van der Waals surface area (Å²) in [6, 6.07) is 3.22. The molecule has 2 atom stereocenters. The molecule has 1 saturated heterocycles. The second kappa shape index (κ2) is 5.06. The van der Waals surface area contributed by atoms with Gasteiger partial charge in [-0.15, -0.1) is 0 Å². The van der Waals surface area contributed by atoms with Crippen LogP contribution in [-0.2, 0) is 6.42 Å². The predicted molar refractivity (Wildman–Crippen MR) is 74.7 cm³/mol. The molecule has 3 rings (SSSR count). The number of hydrogen-bond acceptors (Lipinski definition) is 2. The maximum Gasteiger partial charge on any atom is 0.0461 e. The van der Waals surface area contributed by atoms with Gasteiger partial charge in [0, 0.05) is 30.5 Å². The zero-order valence-corrected chi connectivity index (χ0v) is 11.4. The van der Waals surface area contributed by atoms with Crippen LogP contribution in [0.15, 0.2) is 12.3 Å². The molecule has 100 valence electrons. The molecular formula is C15H25N3. The molecule has 0 radical (unpaired) electrons. The number of nitrogens with zero attached hydrogens (tertiary/aromatic N) is 2. The number of likely N-dealkylation sites (tertiary alicyclic amines) is 1. The standard InChI is InChI=1S/C15H25N3/c1-2-17-9-4-5-12(11-17)18-10-8-13-14(16)6-3-7-15(13)18/h8,10,12,14H,2-7,9,11,16H2,1H3. The average molecular weight is 247 g/mol. The Morgan fingerprint density at radius 3 is 3.06 bits per heavy atom. The van der Waals surface area contributed by atoms with Gasteiger partial charge in [-0.25, -0.2) is 0 Å². The van der Waals surface area contributed by atoms with Crippen molar-refractivity contribution in [1.82, 2.24) is 9.47 Å². The van der Waals surface area contributed by atoms with E-state index >= 15 is 0 Å². The normalized spacial score (nSPS) is 29.2. The lowest BCUT2D eigenvalue weighted by Gasteiger charge is -2.34. The molecule has 2 N–H and O–H groups in total. The van der Waals surface area contributed by atoms with Crippen molar-refractivity contribution in [2.24, 2.45) is 5.73 Å². The lowest BCUT2D eigenvalue weighted by Crippen LogP contribution is -2.36. The van der Waals surface area contributed by atoms with Crippen molar-refractivity contribution in [2.45, 2.75) is 51.1 Å². The first-order chi connectivity index (χ1) is 8.79. The van der Waals surface area contributed by atoms with Crippen LogP contribution < -0.4 is 5.73 Å². The second-order valence-corrected chi connectivity index (χ2v) is 5.81. The fourth-order valence-electron chi connectivity index (χ4n) is 3.64. The van der Waals surface area contributed by atoms with E-state index in [2.05, 4.69) is 28.7 Å². The highest BCUT2D eigenvalue weighted by Crippen LogP contribution is 2.32. The number of nitrogens with two attached hydrogens (primary N) is 1. The van der Waals surface area contributed by atoms with Crippen LogP contribution in [0.25, 0.3) is 0 Å². The van der Waals surface area contributed by atoms with Gasteiger partial charge >= 0.3 is 0 Å². The molecule has 0 bridgehead atoms. The van der Waals surface area contributed by atoms with Gasteiger partial charge in [0.1, 0.15) is 0 Å². The van der Waals surface area contributed by atoms with Gasteiger partial charge in [-0.2, -0.15) is 0 Å². The van der Waals surface area contributed by atoms with Crippen LogP contribution in [0.2, 0.25) is 0 Å². The smallest absolute Gasteiger partial charge is 0.0461 e. The minimum Gasteiger partial charge on any atom is -0.347 e. The molecule has 1 aromatic heterocycles. The molecule has 2 unspecified atom stereocenters. The lowest BCUT2D eigenvalue weighted by molar-refractivity contribution is 0.183. The van der Waals surface area contributed by atoms with Gasteiger partial charge in [-0.3, -0.25) is 0 Å². The van der Waals surface area contributed by atoms with Crippen molar-refractivity contribution in [3.8, 4) is 0 Å². The molecule has 2 aliphatic rings. The van der Waals surface area contributed by atoms with Gasteiger partial charge in [0.2, 0.25) is 0 Å². The molecule has 3 heteroatoms. The van der Waals surface area contributed by atoms with E-state index in [0.29, 0.717) is 6.04 Å². The van der Waals surface area contributed by atoms with E-state index in [1.165, 1.54) is 56.6 Å². The first kappa shape index (κ1) is 12.2. The van der Waals surface area contributed by atoms with Crippen molar-refractivity contribution < 1.29 is 0 Å². The molecule has 1 aromatic rings. The quantitative estimate of drug-likeness (QED) is 0.871. The van der Waals surface area contributed by atoms with Crippen LogP contribution >= 0.6 is 0 Å². The number of piperidine rings is 1. The topological polar surface area (TPSA) is 34.2 Å². The van der Waals surface area contributed by atoms with Crippen molar-refractivity contribution in [3.05, 3.63) is 23.5 Å². The van der Waals surface area contributed by atoms with Crippen molar-refractivity contribution in [2.75, 3.05) is 19.6 Å². The van der Waals surface area contributed by atoms with Crippen molar-refractivity contribution in [3.63, 3.8) is 0 Å². The summed E-state index contributed by atoms with van der Waals surface area (Å²) in [6.07, 6.45) is 8.58. The molecule has 0 saturated carbocycles. The van der Waals surface area contributed by atoms with Crippen LogP contribution in [0, 0.1) is 0 Å². The molecule has 0 spiro atoms.